The van der Waals surface area contributed by atoms with Crippen molar-refractivity contribution in [1.82, 2.24) is 0 Å². The highest BCUT2D eigenvalue weighted by Gasteiger charge is 2.46. The zero-order valence-electron chi connectivity index (χ0n) is 8.86. The third-order valence-electron chi connectivity index (χ3n) is 4.11. The van der Waals surface area contributed by atoms with E-state index in [0.717, 1.165) is 12.8 Å². The normalized spacial score (nSPS) is 33.6. The van der Waals surface area contributed by atoms with Crippen LogP contribution in [0.15, 0.2) is 30.3 Å². The van der Waals surface area contributed by atoms with Crippen molar-refractivity contribution < 1.29 is 4.79 Å². The Balaban J connectivity index is 1.77. The Kier molecular flexibility index (Phi) is 2.12. The van der Waals surface area contributed by atoms with E-state index >= 15 is 0 Å². The summed E-state index contributed by atoms with van der Waals surface area (Å²) in [7, 11) is 0. The molecular formula is C14H16O. The van der Waals surface area contributed by atoms with Crippen LogP contribution in [0.25, 0.3) is 0 Å². The van der Waals surface area contributed by atoms with E-state index in [0.29, 0.717) is 23.5 Å². The quantitative estimate of drug-likeness (QED) is 0.717. The summed E-state index contributed by atoms with van der Waals surface area (Å²) in [4.78, 5) is 12.0. The number of rotatable bonds is 2. The summed E-state index contributed by atoms with van der Waals surface area (Å²) in [5, 5.41) is 0. The summed E-state index contributed by atoms with van der Waals surface area (Å²) < 4.78 is 0. The molecule has 1 heteroatoms. The highest BCUT2D eigenvalue weighted by atomic mass is 16.1. The highest BCUT2D eigenvalue weighted by molar-refractivity contribution is 5.87. The molecule has 1 aromatic carbocycles. The largest absolute Gasteiger partial charge is 0.299 e. The van der Waals surface area contributed by atoms with E-state index in [2.05, 4.69) is 24.3 Å². The Morgan fingerprint density at radius 1 is 1.13 bits per heavy atom. The minimum Gasteiger partial charge on any atom is -0.299 e. The average molecular weight is 200 g/mol. The zero-order chi connectivity index (χ0) is 10.3. The summed E-state index contributed by atoms with van der Waals surface area (Å²) in [6.45, 7) is 0. The van der Waals surface area contributed by atoms with Gasteiger partial charge in [0, 0.05) is 11.8 Å². The van der Waals surface area contributed by atoms with Crippen LogP contribution < -0.4 is 0 Å². The first-order valence-electron chi connectivity index (χ1n) is 5.92. The molecule has 2 aliphatic rings. The van der Waals surface area contributed by atoms with Gasteiger partial charge in [-0.1, -0.05) is 30.3 Å². The van der Waals surface area contributed by atoms with E-state index in [9.17, 15) is 4.79 Å². The van der Waals surface area contributed by atoms with Gasteiger partial charge in [0.1, 0.15) is 5.78 Å². The van der Waals surface area contributed by atoms with E-state index < -0.39 is 0 Å². The minimum absolute atomic E-state index is 0.339. The summed E-state index contributed by atoms with van der Waals surface area (Å²) in [5.74, 6) is 2.01. The Hall–Kier alpha value is -1.11. The van der Waals surface area contributed by atoms with Crippen molar-refractivity contribution in [3.63, 3.8) is 0 Å². The number of carbonyl (C=O) groups is 1. The first-order valence-corrected chi connectivity index (χ1v) is 5.92. The van der Waals surface area contributed by atoms with Gasteiger partial charge in [-0.2, -0.15) is 0 Å². The number of carbonyl (C=O) groups excluding carboxylic acids is 1. The Labute approximate surface area is 90.5 Å². The van der Waals surface area contributed by atoms with E-state index in [4.69, 9.17) is 0 Å². The smallest absolute Gasteiger partial charge is 0.139 e. The fourth-order valence-electron chi connectivity index (χ4n) is 3.31. The molecule has 1 nitrogen and oxygen atoms in total. The molecule has 15 heavy (non-hydrogen) atoms. The Morgan fingerprint density at radius 2 is 1.93 bits per heavy atom. The topological polar surface area (TPSA) is 17.1 Å². The lowest BCUT2D eigenvalue weighted by molar-refractivity contribution is -0.125. The summed E-state index contributed by atoms with van der Waals surface area (Å²) >= 11 is 0. The second-order valence-corrected chi connectivity index (χ2v) is 4.97. The van der Waals surface area contributed by atoms with Crippen molar-refractivity contribution in [1.29, 1.82) is 0 Å². The molecule has 3 rings (SSSR count). The lowest BCUT2D eigenvalue weighted by Gasteiger charge is -2.20. The van der Waals surface area contributed by atoms with Crippen molar-refractivity contribution >= 4 is 5.78 Å². The molecule has 3 atom stereocenters. The first kappa shape index (κ1) is 9.14. The fourth-order valence-corrected chi connectivity index (χ4v) is 3.31. The second-order valence-electron chi connectivity index (χ2n) is 4.97. The molecule has 0 heterocycles. The van der Waals surface area contributed by atoms with Crippen molar-refractivity contribution in [2.45, 2.75) is 25.7 Å². The van der Waals surface area contributed by atoms with Gasteiger partial charge in [0.15, 0.2) is 0 Å². The molecule has 0 saturated heterocycles. The van der Waals surface area contributed by atoms with Crippen LogP contribution in [0.2, 0.25) is 0 Å². The van der Waals surface area contributed by atoms with Gasteiger partial charge >= 0.3 is 0 Å². The predicted octanol–water partition coefficient (Wildman–Crippen LogP) is 2.84. The third-order valence-corrected chi connectivity index (χ3v) is 4.11. The van der Waals surface area contributed by atoms with Crippen LogP contribution in [-0.4, -0.2) is 5.78 Å². The summed E-state index contributed by atoms with van der Waals surface area (Å²) in [6.07, 6.45) is 4.60. The first-order chi connectivity index (χ1) is 7.34. The van der Waals surface area contributed by atoms with Crippen LogP contribution >= 0.6 is 0 Å². The molecule has 78 valence electrons. The minimum atomic E-state index is 0.339. The molecule has 0 amide bonds. The molecule has 0 unspecified atom stereocenters. The molecular weight excluding hydrogens is 184 g/mol. The van der Waals surface area contributed by atoms with Crippen LogP contribution in [0.1, 0.15) is 24.8 Å². The third kappa shape index (κ3) is 1.50. The molecule has 0 N–H and O–H groups in total. The number of hydrogen-bond acceptors (Lipinski definition) is 1. The van der Waals surface area contributed by atoms with Gasteiger partial charge in [-0.05, 0) is 37.2 Å². The number of hydrogen-bond donors (Lipinski definition) is 0. The van der Waals surface area contributed by atoms with Crippen LogP contribution in [-0.2, 0) is 11.2 Å². The maximum atomic E-state index is 12.0. The lowest BCUT2D eigenvalue weighted by Crippen LogP contribution is -2.23. The summed E-state index contributed by atoms with van der Waals surface area (Å²) in [5.41, 5.74) is 1.32. The van der Waals surface area contributed by atoms with Gasteiger partial charge in [-0.3, -0.25) is 4.79 Å². The second kappa shape index (κ2) is 3.48. The highest BCUT2D eigenvalue weighted by Crippen LogP contribution is 2.46. The molecule has 0 radical (unpaired) electrons. The summed E-state index contributed by atoms with van der Waals surface area (Å²) in [6, 6.07) is 10.4. The fraction of sp³-hybridized carbons (Fsp3) is 0.500. The molecule has 0 aliphatic heterocycles. The number of ketones is 1. The monoisotopic (exact) mass is 200 g/mol. The van der Waals surface area contributed by atoms with Crippen LogP contribution in [0.3, 0.4) is 0 Å². The van der Waals surface area contributed by atoms with Gasteiger partial charge in [0.2, 0.25) is 0 Å². The maximum Gasteiger partial charge on any atom is 0.139 e. The van der Waals surface area contributed by atoms with E-state index in [-0.39, 0.29) is 0 Å². The van der Waals surface area contributed by atoms with Gasteiger partial charge in [-0.15, -0.1) is 0 Å². The van der Waals surface area contributed by atoms with Gasteiger partial charge in [0.05, 0.1) is 0 Å². The van der Waals surface area contributed by atoms with Gasteiger partial charge in [-0.25, -0.2) is 0 Å². The van der Waals surface area contributed by atoms with Crippen LogP contribution in [0.4, 0.5) is 0 Å². The Morgan fingerprint density at radius 3 is 2.60 bits per heavy atom. The lowest BCUT2D eigenvalue weighted by atomic mass is 9.83. The molecule has 2 bridgehead atoms. The Bertz CT molecular complexity index is 368. The SMILES string of the molecule is O=C1[C@H]2CC[C@H](C2)[C@@H]1Cc1ccccc1. The van der Waals surface area contributed by atoms with E-state index in [1.54, 1.807) is 0 Å². The molecule has 2 aliphatic carbocycles. The van der Waals surface area contributed by atoms with Crippen molar-refractivity contribution in [2.24, 2.45) is 17.8 Å². The molecule has 1 aromatic rings. The zero-order valence-corrected chi connectivity index (χ0v) is 8.86. The average Bonchev–Trinajstić information content (AvgIpc) is 2.84. The van der Waals surface area contributed by atoms with Gasteiger partial charge in [0.25, 0.3) is 0 Å². The maximum absolute atomic E-state index is 12.0. The standard InChI is InChI=1S/C14H16O/c15-14-12-7-6-11(9-12)13(14)8-10-4-2-1-3-5-10/h1-5,11-13H,6-9H2/t11-,12+,13+/m1/s1. The van der Waals surface area contributed by atoms with E-state index in [1.165, 1.54) is 18.4 Å². The number of Topliss-reactive ketones (excluding diaryl/α,β-unsaturated/α-hetero) is 1. The van der Waals surface area contributed by atoms with Crippen molar-refractivity contribution in [3.8, 4) is 0 Å². The number of fused-ring (bicyclic) bond motifs is 2. The van der Waals surface area contributed by atoms with E-state index in [1.807, 2.05) is 6.07 Å². The van der Waals surface area contributed by atoms with Gasteiger partial charge < -0.3 is 0 Å². The molecule has 2 fully saturated rings. The molecule has 0 aromatic heterocycles. The van der Waals surface area contributed by atoms with Crippen molar-refractivity contribution in [3.05, 3.63) is 35.9 Å². The number of benzene rings is 1. The van der Waals surface area contributed by atoms with Crippen molar-refractivity contribution in [2.75, 3.05) is 0 Å². The van der Waals surface area contributed by atoms with Crippen LogP contribution in [0, 0.1) is 17.8 Å². The molecule has 0 spiro atoms. The van der Waals surface area contributed by atoms with Crippen LogP contribution in [0.5, 0.6) is 0 Å². The molecule has 2 saturated carbocycles. The predicted molar refractivity (Wildman–Crippen MR) is 59.5 cm³/mol.